The number of nitrogens with zero attached hydrogens (tertiary/aromatic N) is 1. The number of carboxylic acid groups (broad SMARTS) is 1. The van der Waals surface area contributed by atoms with E-state index in [-0.39, 0.29) is 31.1 Å². The van der Waals surface area contributed by atoms with Crippen molar-refractivity contribution in [3.63, 3.8) is 0 Å². The van der Waals surface area contributed by atoms with Crippen molar-refractivity contribution in [3.8, 4) is 0 Å². The lowest BCUT2D eigenvalue weighted by atomic mass is 10.1. The normalized spacial score (nSPS) is 15.3. The van der Waals surface area contributed by atoms with Crippen LogP contribution in [0.4, 0.5) is 0 Å². The molecule has 33 heavy (non-hydrogen) atoms. The number of thioether (sulfide) groups is 1. The molecule has 13 nitrogen and oxygen atoms in total. The Kier molecular flexibility index (Phi) is 15.3. The number of carbonyl (C=O) groups is 4. The molecule has 0 aliphatic carbocycles. The summed E-state index contributed by atoms with van der Waals surface area (Å²) in [4.78, 5) is 52.8. The molecule has 0 fully saturated rings. The number of hydrogen-bond donors (Lipinski definition) is 9. The fraction of sp³-hybridized carbons (Fsp3) is 0.722. The summed E-state index contributed by atoms with van der Waals surface area (Å²) in [7, 11) is 0. The number of carbonyl (C=O) groups excluding carboxylic acids is 3. The van der Waals surface area contributed by atoms with Gasteiger partial charge >= 0.3 is 5.97 Å². The molecule has 190 valence electrons. The van der Waals surface area contributed by atoms with Gasteiger partial charge in [-0.3, -0.25) is 19.4 Å². The third-order valence-electron chi connectivity index (χ3n) is 4.44. The summed E-state index contributed by atoms with van der Waals surface area (Å²) in [5.74, 6) is -3.13. The summed E-state index contributed by atoms with van der Waals surface area (Å²) in [5.41, 5.74) is 16.1. The highest BCUT2D eigenvalue weighted by Gasteiger charge is 2.30. The standard InChI is InChI=1S/C18H35N7O6S2/c1-9(26)13(19)16(29)25-12(8-32)15(28)23-10(4-3-6-22-18(20)21)14(27)24-11(17(30)31)5-7-33-2/h9-13,26,32H,3-8,19H2,1-2H3,(H,23,28)(H,24,27)(H,25,29)(H,30,31)(H4,20,21,22). The van der Waals surface area contributed by atoms with Gasteiger partial charge in [0.25, 0.3) is 0 Å². The highest BCUT2D eigenvalue weighted by Crippen LogP contribution is 2.05. The Hall–Kier alpha value is -2.23. The van der Waals surface area contributed by atoms with Crippen molar-refractivity contribution in [2.24, 2.45) is 22.2 Å². The van der Waals surface area contributed by atoms with E-state index in [1.54, 1.807) is 0 Å². The molecular weight excluding hydrogens is 474 g/mol. The summed E-state index contributed by atoms with van der Waals surface area (Å²) < 4.78 is 0. The molecule has 0 bridgehead atoms. The summed E-state index contributed by atoms with van der Waals surface area (Å²) in [6.45, 7) is 1.51. The molecule has 0 saturated heterocycles. The molecule has 0 saturated carbocycles. The molecule has 0 spiro atoms. The lowest BCUT2D eigenvalue weighted by Crippen LogP contribution is -2.58. The number of aliphatic imine (C=N–C) groups is 1. The molecule has 0 heterocycles. The second kappa shape index (κ2) is 16.4. The zero-order valence-electron chi connectivity index (χ0n) is 18.7. The first kappa shape index (κ1) is 30.8. The van der Waals surface area contributed by atoms with Crippen molar-refractivity contribution in [3.05, 3.63) is 0 Å². The van der Waals surface area contributed by atoms with Crippen LogP contribution >= 0.6 is 24.4 Å². The molecule has 11 N–H and O–H groups in total. The van der Waals surface area contributed by atoms with Crippen LogP contribution in [0.3, 0.4) is 0 Å². The number of aliphatic hydroxyl groups excluding tert-OH is 1. The number of nitrogens with one attached hydrogen (secondary N) is 3. The maximum atomic E-state index is 12.8. The quantitative estimate of drug-likeness (QED) is 0.0441. The molecule has 3 amide bonds. The number of nitrogens with two attached hydrogens (primary N) is 3. The predicted octanol–water partition coefficient (Wildman–Crippen LogP) is -3.03. The highest BCUT2D eigenvalue weighted by atomic mass is 32.2. The van der Waals surface area contributed by atoms with Crippen LogP contribution in [0.25, 0.3) is 0 Å². The van der Waals surface area contributed by atoms with Gasteiger partial charge in [-0.25, -0.2) is 4.79 Å². The van der Waals surface area contributed by atoms with E-state index < -0.39 is 54.0 Å². The van der Waals surface area contributed by atoms with Gasteiger partial charge in [-0.05, 0) is 38.2 Å². The number of amides is 3. The number of aliphatic hydroxyl groups is 1. The van der Waals surface area contributed by atoms with Crippen LogP contribution in [0.15, 0.2) is 4.99 Å². The highest BCUT2D eigenvalue weighted by molar-refractivity contribution is 7.98. The summed E-state index contributed by atoms with van der Waals surface area (Å²) in [6, 6.07) is -4.66. The molecule has 0 rings (SSSR count). The van der Waals surface area contributed by atoms with Crippen LogP contribution in [0.1, 0.15) is 26.2 Å². The second-order valence-electron chi connectivity index (χ2n) is 7.20. The van der Waals surface area contributed by atoms with E-state index in [9.17, 15) is 29.4 Å². The molecule has 0 aliphatic rings. The minimum Gasteiger partial charge on any atom is -0.480 e. The van der Waals surface area contributed by atoms with Gasteiger partial charge in [-0.2, -0.15) is 24.4 Å². The Balaban J connectivity index is 5.37. The van der Waals surface area contributed by atoms with Gasteiger partial charge in [-0.15, -0.1) is 0 Å². The van der Waals surface area contributed by atoms with E-state index in [4.69, 9.17) is 17.2 Å². The van der Waals surface area contributed by atoms with Crippen LogP contribution in [-0.2, 0) is 19.2 Å². The van der Waals surface area contributed by atoms with Gasteiger partial charge in [-0.1, -0.05) is 0 Å². The largest absolute Gasteiger partial charge is 0.480 e. The van der Waals surface area contributed by atoms with E-state index >= 15 is 0 Å². The molecule has 5 unspecified atom stereocenters. The van der Waals surface area contributed by atoms with Crippen LogP contribution in [-0.4, -0.2) is 94.4 Å². The summed E-state index contributed by atoms with van der Waals surface area (Å²) in [5, 5.41) is 26.1. The molecule has 5 atom stereocenters. The van der Waals surface area contributed by atoms with Gasteiger partial charge in [0, 0.05) is 12.3 Å². The summed E-state index contributed by atoms with van der Waals surface area (Å²) >= 11 is 5.48. The SMILES string of the molecule is CSCCC(NC(=O)C(CCCN=C(N)N)NC(=O)C(CS)NC(=O)C(N)C(C)O)C(=O)O. The number of carboxylic acids is 1. The number of thiol groups is 1. The fourth-order valence-corrected chi connectivity index (χ4v) is 3.22. The third-order valence-corrected chi connectivity index (χ3v) is 5.45. The lowest BCUT2D eigenvalue weighted by Gasteiger charge is -2.25. The fourth-order valence-electron chi connectivity index (χ4n) is 2.49. The third kappa shape index (κ3) is 12.6. The van der Waals surface area contributed by atoms with Crippen molar-refractivity contribution >= 4 is 54.0 Å². The Morgan fingerprint density at radius 3 is 2.03 bits per heavy atom. The smallest absolute Gasteiger partial charge is 0.326 e. The molecular formula is C18H35N7O6S2. The molecule has 15 heteroatoms. The summed E-state index contributed by atoms with van der Waals surface area (Å²) in [6.07, 6.45) is 1.27. The molecule has 0 aromatic carbocycles. The van der Waals surface area contributed by atoms with Crippen LogP contribution in [0, 0.1) is 0 Å². The monoisotopic (exact) mass is 509 g/mol. The minimum atomic E-state index is -1.26. The van der Waals surface area contributed by atoms with Crippen molar-refractivity contribution in [1.82, 2.24) is 16.0 Å². The van der Waals surface area contributed by atoms with E-state index in [0.29, 0.717) is 12.2 Å². The Bertz CT molecular complexity index is 691. The first-order chi connectivity index (χ1) is 15.4. The van der Waals surface area contributed by atoms with E-state index in [1.807, 2.05) is 6.26 Å². The van der Waals surface area contributed by atoms with E-state index in [2.05, 4.69) is 33.6 Å². The number of rotatable bonds is 16. The van der Waals surface area contributed by atoms with Crippen molar-refractivity contribution in [2.45, 2.75) is 56.5 Å². The van der Waals surface area contributed by atoms with E-state index in [0.717, 1.165) is 0 Å². The molecule has 0 aromatic heterocycles. The zero-order valence-corrected chi connectivity index (χ0v) is 20.4. The van der Waals surface area contributed by atoms with Crippen molar-refractivity contribution < 1.29 is 29.4 Å². The van der Waals surface area contributed by atoms with Crippen molar-refractivity contribution in [1.29, 1.82) is 0 Å². The molecule has 0 aromatic rings. The van der Waals surface area contributed by atoms with E-state index in [1.165, 1.54) is 18.7 Å². The first-order valence-corrected chi connectivity index (χ1v) is 12.2. The zero-order chi connectivity index (χ0) is 25.6. The van der Waals surface area contributed by atoms with Gasteiger partial charge in [0.05, 0.1) is 6.10 Å². The lowest BCUT2D eigenvalue weighted by molar-refractivity contribution is -0.142. The first-order valence-electron chi connectivity index (χ1n) is 10.2. The molecule has 0 aliphatic heterocycles. The number of hydrogen-bond acceptors (Lipinski definition) is 9. The van der Waals surface area contributed by atoms with Crippen molar-refractivity contribution in [2.75, 3.05) is 24.3 Å². The topological polar surface area (TPSA) is 235 Å². The number of aliphatic carboxylic acids is 1. The van der Waals surface area contributed by atoms with Gasteiger partial charge in [0.15, 0.2) is 5.96 Å². The Labute approximate surface area is 202 Å². The van der Waals surface area contributed by atoms with Gasteiger partial charge in [0.1, 0.15) is 24.2 Å². The van der Waals surface area contributed by atoms with Crippen LogP contribution in [0.5, 0.6) is 0 Å². The Morgan fingerprint density at radius 2 is 1.55 bits per heavy atom. The maximum Gasteiger partial charge on any atom is 0.326 e. The average molecular weight is 510 g/mol. The minimum absolute atomic E-state index is 0.101. The van der Waals surface area contributed by atoms with Crippen LogP contribution < -0.4 is 33.2 Å². The average Bonchev–Trinajstić information content (AvgIpc) is 2.75. The Morgan fingerprint density at radius 1 is 1.00 bits per heavy atom. The van der Waals surface area contributed by atoms with Gasteiger partial charge in [0.2, 0.25) is 17.7 Å². The van der Waals surface area contributed by atoms with Crippen LogP contribution in [0.2, 0.25) is 0 Å². The maximum absolute atomic E-state index is 12.8. The van der Waals surface area contributed by atoms with Gasteiger partial charge < -0.3 is 43.4 Å². The second-order valence-corrected chi connectivity index (χ2v) is 8.55. The molecule has 0 radical (unpaired) electrons. The number of guanidine groups is 1. The predicted molar refractivity (Wildman–Crippen MR) is 130 cm³/mol.